The molecule has 0 aliphatic carbocycles. The molecule has 0 radical (unpaired) electrons. The van der Waals surface area contributed by atoms with Crippen molar-refractivity contribution < 1.29 is 8.83 Å². The highest BCUT2D eigenvalue weighted by molar-refractivity contribution is 7.08. The lowest BCUT2D eigenvalue weighted by atomic mass is 9.28. The Morgan fingerprint density at radius 1 is 0.442 bits per heavy atom. The van der Waals surface area contributed by atoms with Gasteiger partial charge in [-0.1, -0.05) is 121 Å². The fourth-order valence-corrected chi connectivity index (χ4v) is 7.68. The zero-order valence-electron chi connectivity index (χ0n) is 23.2. The van der Waals surface area contributed by atoms with E-state index >= 15 is 0 Å². The zero-order valence-corrected chi connectivity index (χ0v) is 23.2. The number of furan rings is 2. The first-order valence-corrected chi connectivity index (χ1v) is 14.8. The van der Waals surface area contributed by atoms with Gasteiger partial charge in [0.2, 0.25) is 0 Å². The fourth-order valence-electron chi connectivity index (χ4n) is 7.68. The smallest absolute Gasteiger partial charge is 0.372 e. The van der Waals surface area contributed by atoms with E-state index in [1.54, 1.807) is 0 Å². The molecule has 198 valence electrons. The van der Waals surface area contributed by atoms with Gasteiger partial charge in [-0.3, -0.25) is 0 Å². The highest BCUT2D eigenvalue weighted by Gasteiger charge is 2.48. The van der Waals surface area contributed by atoms with Gasteiger partial charge >= 0.3 is 6.85 Å². The lowest BCUT2D eigenvalue weighted by Gasteiger charge is -2.26. The maximum absolute atomic E-state index is 7.10. The average molecular weight is 547 g/mol. The second-order valence-electron chi connectivity index (χ2n) is 11.6. The van der Waals surface area contributed by atoms with Gasteiger partial charge in [0, 0.05) is 32.6 Å². The van der Waals surface area contributed by atoms with E-state index in [9.17, 15) is 0 Å². The van der Waals surface area contributed by atoms with Gasteiger partial charge in [-0.2, -0.15) is 0 Å². The highest BCUT2D eigenvalue weighted by atomic mass is 16.3. The van der Waals surface area contributed by atoms with E-state index in [1.165, 1.54) is 54.4 Å². The molecule has 0 saturated heterocycles. The van der Waals surface area contributed by atoms with Crippen molar-refractivity contribution in [2.45, 2.75) is 0 Å². The monoisotopic (exact) mass is 547 g/mol. The number of para-hydroxylation sites is 3. The van der Waals surface area contributed by atoms with Crippen molar-refractivity contribution in [2.24, 2.45) is 0 Å². The summed E-state index contributed by atoms with van der Waals surface area (Å²) in [5.41, 5.74) is 9.69. The molecule has 0 atom stereocenters. The number of aromatic nitrogens is 1. The summed E-state index contributed by atoms with van der Waals surface area (Å²) >= 11 is 0. The van der Waals surface area contributed by atoms with Gasteiger partial charge in [0.25, 0.3) is 6.71 Å². The van der Waals surface area contributed by atoms with Gasteiger partial charge in [0.15, 0.2) is 0 Å². The minimum Gasteiger partial charge on any atom is -0.471 e. The SMILES string of the molecule is c1ccc(B2c3oc4ccccc4c3B(n3c4ccccc4c4ccccc43)c3oc4ccc5ccccc5c4c32)cc1. The predicted molar refractivity (Wildman–Crippen MR) is 181 cm³/mol. The van der Waals surface area contributed by atoms with Crippen LogP contribution >= 0.6 is 0 Å². The van der Waals surface area contributed by atoms with Crippen molar-refractivity contribution in [1.29, 1.82) is 0 Å². The third-order valence-electron chi connectivity index (χ3n) is 9.39. The van der Waals surface area contributed by atoms with Crippen molar-refractivity contribution in [3.05, 3.63) is 140 Å². The molecule has 0 fully saturated rings. The lowest BCUT2D eigenvalue weighted by molar-refractivity contribution is 0.645. The number of benzene rings is 6. The lowest BCUT2D eigenvalue weighted by Crippen LogP contribution is -2.72. The molecule has 0 saturated carbocycles. The predicted octanol–water partition coefficient (Wildman–Crippen LogP) is 5.92. The van der Waals surface area contributed by atoms with Gasteiger partial charge < -0.3 is 13.3 Å². The van der Waals surface area contributed by atoms with Crippen molar-refractivity contribution in [2.75, 3.05) is 0 Å². The zero-order chi connectivity index (χ0) is 28.1. The molecule has 1 aliphatic rings. The van der Waals surface area contributed by atoms with Gasteiger partial charge in [-0.25, -0.2) is 0 Å². The largest absolute Gasteiger partial charge is 0.471 e. The van der Waals surface area contributed by atoms with Crippen molar-refractivity contribution in [1.82, 2.24) is 4.48 Å². The van der Waals surface area contributed by atoms with E-state index in [0.29, 0.717) is 0 Å². The van der Waals surface area contributed by atoms with Gasteiger partial charge in [-0.15, -0.1) is 0 Å². The van der Waals surface area contributed by atoms with E-state index in [-0.39, 0.29) is 13.6 Å². The summed E-state index contributed by atoms with van der Waals surface area (Å²) in [6.45, 7) is -0.334. The Morgan fingerprint density at radius 3 is 1.81 bits per heavy atom. The number of hydrogen-bond acceptors (Lipinski definition) is 2. The maximum atomic E-state index is 7.10. The van der Waals surface area contributed by atoms with Crippen LogP contribution in [-0.2, 0) is 0 Å². The van der Waals surface area contributed by atoms with Gasteiger partial charge in [0.05, 0.1) is 11.3 Å². The normalized spacial score (nSPS) is 13.0. The Hall–Kier alpha value is -5.41. The molecule has 4 heterocycles. The first-order valence-electron chi connectivity index (χ1n) is 14.8. The van der Waals surface area contributed by atoms with Crippen molar-refractivity contribution in [3.63, 3.8) is 0 Å². The Kier molecular flexibility index (Phi) is 4.61. The summed E-state index contributed by atoms with van der Waals surface area (Å²) in [4.78, 5) is 0. The summed E-state index contributed by atoms with van der Waals surface area (Å²) in [6, 6.07) is 49.6. The molecule has 0 unspecified atom stereocenters. The van der Waals surface area contributed by atoms with Crippen molar-refractivity contribution >= 4 is 95.8 Å². The quantitative estimate of drug-likeness (QED) is 0.252. The average Bonchev–Trinajstić information content (AvgIpc) is 3.74. The molecule has 6 aromatic carbocycles. The van der Waals surface area contributed by atoms with E-state index in [0.717, 1.165) is 27.9 Å². The Labute approximate surface area is 248 Å². The topological polar surface area (TPSA) is 31.2 Å². The Morgan fingerprint density at radius 2 is 1.05 bits per heavy atom. The third kappa shape index (κ3) is 3.06. The van der Waals surface area contributed by atoms with Crippen LogP contribution in [0.3, 0.4) is 0 Å². The molecule has 5 heteroatoms. The molecule has 3 aromatic heterocycles. The summed E-state index contributed by atoms with van der Waals surface area (Å²) in [7, 11) is 0. The van der Waals surface area contributed by atoms with Crippen molar-refractivity contribution in [3.8, 4) is 0 Å². The molecule has 3 nitrogen and oxygen atoms in total. The molecule has 0 spiro atoms. The molecule has 1 aliphatic heterocycles. The molecule has 43 heavy (non-hydrogen) atoms. The first-order chi connectivity index (χ1) is 21.4. The molecular formula is C38H23B2NO2. The van der Waals surface area contributed by atoms with Gasteiger partial charge in [0.1, 0.15) is 11.2 Å². The number of nitrogens with zero attached hydrogens (tertiary/aromatic N) is 1. The second kappa shape index (κ2) is 8.56. The van der Waals surface area contributed by atoms with Crippen LogP contribution in [0.4, 0.5) is 0 Å². The van der Waals surface area contributed by atoms with Gasteiger partial charge in [-0.05, 0) is 46.0 Å². The maximum Gasteiger partial charge on any atom is 0.372 e. The standard InChI is InChI=1S/C38H23B2NO2/c1-2-13-25(14-3-1)39-36-34-26-15-5-4-12-24(26)22-23-33(34)43-38(36)40(35-29-18-8-11-21-32(29)42-37(35)39)41-30-19-9-6-16-27(30)28-17-7-10-20-31(28)41/h1-23H. The second-order valence-corrected chi connectivity index (χ2v) is 11.6. The van der Waals surface area contributed by atoms with Crippen LogP contribution in [0.15, 0.2) is 148 Å². The summed E-state index contributed by atoms with van der Waals surface area (Å²) in [6.07, 6.45) is 0. The summed E-state index contributed by atoms with van der Waals surface area (Å²) in [5, 5.41) is 7.17. The van der Waals surface area contributed by atoms with Crippen LogP contribution in [0.2, 0.25) is 0 Å². The van der Waals surface area contributed by atoms with E-state index < -0.39 is 0 Å². The van der Waals surface area contributed by atoms with E-state index in [1.807, 2.05) is 0 Å². The first kappa shape index (κ1) is 23.2. The molecule has 9 aromatic rings. The Bertz CT molecular complexity index is 2490. The summed E-state index contributed by atoms with van der Waals surface area (Å²) in [5.74, 6) is 0. The third-order valence-corrected chi connectivity index (χ3v) is 9.39. The minimum atomic E-state index is -0.218. The Balaban J connectivity index is 1.44. The molecule has 0 amide bonds. The molecular weight excluding hydrogens is 524 g/mol. The fraction of sp³-hybridized carbons (Fsp3) is 0. The molecule has 0 bridgehead atoms. The van der Waals surface area contributed by atoms with Crippen LogP contribution in [0.25, 0.3) is 54.5 Å². The van der Waals surface area contributed by atoms with Crippen LogP contribution in [0.5, 0.6) is 0 Å². The van der Waals surface area contributed by atoms with E-state index in [4.69, 9.17) is 8.83 Å². The van der Waals surface area contributed by atoms with Crippen LogP contribution in [0.1, 0.15) is 0 Å². The van der Waals surface area contributed by atoms with Crippen LogP contribution in [0, 0.1) is 0 Å². The molecule has 10 rings (SSSR count). The van der Waals surface area contributed by atoms with E-state index in [2.05, 4.69) is 144 Å². The number of fused-ring (bicyclic) bond motifs is 11. The highest BCUT2D eigenvalue weighted by Crippen LogP contribution is 2.32. The summed E-state index contributed by atoms with van der Waals surface area (Å²) < 4.78 is 16.5. The number of hydrogen-bond donors (Lipinski definition) is 0. The van der Waals surface area contributed by atoms with Crippen LogP contribution < -0.4 is 27.7 Å². The number of rotatable bonds is 2. The molecule has 0 N–H and O–H groups in total. The minimum absolute atomic E-state index is 0.116. The van der Waals surface area contributed by atoms with Crippen LogP contribution in [-0.4, -0.2) is 18.0 Å².